The van der Waals surface area contributed by atoms with Gasteiger partial charge >= 0.3 is 0 Å². The maximum Gasteiger partial charge on any atom is 0.245 e. The number of anilines is 8. The van der Waals surface area contributed by atoms with Crippen molar-refractivity contribution in [3.63, 3.8) is 0 Å². The van der Waals surface area contributed by atoms with Gasteiger partial charge in [-0.3, -0.25) is 118 Å². The second-order valence-electron chi connectivity index (χ2n) is 29.9. The molecule has 36 heteroatoms. The molecule has 0 aliphatic heterocycles. The van der Waals surface area contributed by atoms with E-state index in [2.05, 4.69) is 82.4 Å². The highest BCUT2D eigenvalue weighted by molar-refractivity contribution is 6.23. The zero-order valence-electron chi connectivity index (χ0n) is 70.4. The molecular formula is C98H80N20O16. The Labute approximate surface area is 759 Å². The predicted molar refractivity (Wildman–Crippen MR) is 500 cm³/mol. The number of amides is 12. The first-order valence-electron chi connectivity index (χ1n) is 41.2. The number of fused-ring (bicyclic) bond motifs is 8. The van der Waals surface area contributed by atoms with Gasteiger partial charge in [-0.15, -0.1) is 0 Å². The molecule has 17 aromatic rings. The molecule has 8 heterocycles. The minimum Gasteiger partial charge on any atom is -0.325 e. The molecule has 8 aromatic heterocycles. The fourth-order valence-corrected chi connectivity index (χ4v) is 14.5. The number of para-hydroxylation sites is 6. The van der Waals surface area contributed by atoms with E-state index < -0.39 is 120 Å². The van der Waals surface area contributed by atoms with Gasteiger partial charge < -0.3 is 42.5 Å². The van der Waals surface area contributed by atoms with Crippen molar-refractivity contribution in [2.24, 2.45) is 17.8 Å². The minimum absolute atomic E-state index is 0.264. The third kappa shape index (κ3) is 22.6. The molecule has 0 radical (unpaired) electrons. The SMILES string of the molecule is O=C(CC(C(=O)Nc1ccc2ncccc2c1)C(=O)Nc1ccc2ncccc2c1)NO.O=C(CC(C(=O)Nc1cccc2cccnc12)(C(=O)Nc1cccc2cccnc12)c1ccccc1)NO.O=C(CC(C(=O)Nc1cccc2cccnc12)C(=O)Nc1cccc2cccnc12)NO.O=C(CC(C(=O)Nc1cnc2ccccc2c1)C(=O)Nc1cnc2ccccc2c1)NO. The van der Waals surface area contributed by atoms with Crippen LogP contribution in [0.15, 0.2) is 323 Å². The van der Waals surface area contributed by atoms with Crippen LogP contribution in [0.3, 0.4) is 0 Å². The van der Waals surface area contributed by atoms with E-state index in [1.165, 1.54) is 28.8 Å². The first-order valence-corrected chi connectivity index (χ1v) is 41.2. The molecule has 36 nitrogen and oxygen atoms in total. The van der Waals surface area contributed by atoms with Gasteiger partial charge in [0.05, 0.1) is 97.1 Å². The maximum atomic E-state index is 14.1. The van der Waals surface area contributed by atoms with Gasteiger partial charge in [0.15, 0.2) is 5.41 Å². The van der Waals surface area contributed by atoms with Gasteiger partial charge in [-0.2, -0.15) is 0 Å². The van der Waals surface area contributed by atoms with Gasteiger partial charge in [0.25, 0.3) is 0 Å². The van der Waals surface area contributed by atoms with E-state index in [9.17, 15) is 62.7 Å². The average Bonchev–Trinajstić information content (AvgIpc) is 0.755. The Bertz CT molecular complexity index is 6750. The maximum absolute atomic E-state index is 14.1. The van der Waals surface area contributed by atoms with Crippen molar-refractivity contribution >= 4 is 204 Å². The van der Waals surface area contributed by atoms with Crippen LogP contribution >= 0.6 is 0 Å². The number of carbonyl (C=O) groups excluding carboxylic acids is 12. The second-order valence-corrected chi connectivity index (χ2v) is 29.9. The van der Waals surface area contributed by atoms with Crippen molar-refractivity contribution in [1.29, 1.82) is 0 Å². The van der Waals surface area contributed by atoms with Crippen LogP contribution in [-0.4, -0.2) is 132 Å². The Morgan fingerprint density at radius 1 is 0.246 bits per heavy atom. The summed E-state index contributed by atoms with van der Waals surface area (Å²) in [5.74, 6) is -13.4. The number of benzene rings is 9. The number of nitrogens with zero attached hydrogens (tertiary/aromatic N) is 8. The highest BCUT2D eigenvalue weighted by Crippen LogP contribution is 2.36. The molecule has 0 fully saturated rings. The molecule has 0 saturated carbocycles. The van der Waals surface area contributed by atoms with Crippen LogP contribution in [0.2, 0.25) is 0 Å². The summed E-state index contributed by atoms with van der Waals surface area (Å²) in [6.07, 6.45) is 10.4. The third-order valence-electron chi connectivity index (χ3n) is 21.0. The normalized spacial score (nSPS) is 10.9. The molecule has 134 heavy (non-hydrogen) atoms. The average molecular weight is 1790 g/mol. The van der Waals surface area contributed by atoms with E-state index in [0.717, 1.165) is 65.2 Å². The molecular weight excluding hydrogens is 1710 g/mol. The summed E-state index contributed by atoms with van der Waals surface area (Å²) in [7, 11) is 0. The van der Waals surface area contributed by atoms with Crippen LogP contribution in [0.25, 0.3) is 87.2 Å². The quantitative estimate of drug-likeness (QED) is 0.0144. The van der Waals surface area contributed by atoms with Gasteiger partial charge in [0.2, 0.25) is 70.9 Å². The molecule has 17 rings (SSSR count). The van der Waals surface area contributed by atoms with E-state index in [4.69, 9.17) is 15.6 Å². The molecule has 668 valence electrons. The van der Waals surface area contributed by atoms with Crippen molar-refractivity contribution < 1.29 is 78.4 Å². The van der Waals surface area contributed by atoms with Crippen LogP contribution in [-0.2, 0) is 62.9 Å². The molecule has 0 bridgehead atoms. The van der Waals surface area contributed by atoms with Gasteiger partial charge in [0.1, 0.15) is 17.8 Å². The number of hydrogen-bond donors (Lipinski definition) is 16. The number of pyridine rings is 8. The first kappa shape index (κ1) is 91.9. The fourth-order valence-electron chi connectivity index (χ4n) is 14.5. The lowest BCUT2D eigenvalue weighted by Crippen LogP contribution is -2.52. The molecule has 0 atom stereocenters. The number of hydroxylamine groups is 4. The van der Waals surface area contributed by atoms with Gasteiger partial charge in [-0.25, -0.2) is 21.9 Å². The van der Waals surface area contributed by atoms with E-state index >= 15 is 0 Å². The zero-order valence-corrected chi connectivity index (χ0v) is 70.4. The summed E-state index contributed by atoms with van der Waals surface area (Å²) in [5.41, 5.74) is 12.5. The van der Waals surface area contributed by atoms with Crippen LogP contribution in [0, 0.1) is 17.8 Å². The highest BCUT2D eigenvalue weighted by atomic mass is 16.5. The van der Waals surface area contributed by atoms with E-state index in [1.807, 2.05) is 109 Å². The van der Waals surface area contributed by atoms with Gasteiger partial charge in [0, 0.05) is 111 Å². The Kier molecular flexibility index (Phi) is 29.8. The topological polar surface area (TPSA) is 533 Å². The van der Waals surface area contributed by atoms with Crippen molar-refractivity contribution in [3.05, 3.63) is 328 Å². The molecule has 0 aliphatic carbocycles. The molecule has 0 spiro atoms. The predicted octanol–water partition coefficient (Wildman–Crippen LogP) is 12.8. The number of aromatic nitrogens is 8. The lowest BCUT2D eigenvalue weighted by atomic mass is 9.75. The number of rotatable bonds is 25. The number of nitrogens with one attached hydrogen (secondary N) is 12. The molecule has 0 unspecified atom stereocenters. The molecule has 0 aliphatic rings. The van der Waals surface area contributed by atoms with E-state index in [-0.39, 0.29) is 5.56 Å². The summed E-state index contributed by atoms with van der Waals surface area (Å²) < 4.78 is 0. The third-order valence-corrected chi connectivity index (χ3v) is 21.0. The fraction of sp³-hybridized carbons (Fsp3) is 0.0816. The van der Waals surface area contributed by atoms with E-state index in [0.29, 0.717) is 67.6 Å². The van der Waals surface area contributed by atoms with Crippen LogP contribution in [0.4, 0.5) is 45.5 Å². The molecule has 0 saturated heterocycles. The monoisotopic (exact) mass is 1790 g/mol. The largest absolute Gasteiger partial charge is 0.325 e. The van der Waals surface area contributed by atoms with Crippen LogP contribution < -0.4 is 64.5 Å². The summed E-state index contributed by atoms with van der Waals surface area (Å²) in [5, 5.41) is 64.1. The Hall–Kier alpha value is -18.3. The summed E-state index contributed by atoms with van der Waals surface area (Å²) >= 11 is 0. The van der Waals surface area contributed by atoms with Crippen molar-refractivity contribution in [3.8, 4) is 0 Å². The summed E-state index contributed by atoms with van der Waals surface area (Å²) in [4.78, 5) is 188. The Morgan fingerprint density at radius 3 is 0.858 bits per heavy atom. The Balaban J connectivity index is 0.000000144. The van der Waals surface area contributed by atoms with Gasteiger partial charge in [-0.05, 0) is 127 Å². The zero-order chi connectivity index (χ0) is 94.0. The van der Waals surface area contributed by atoms with Crippen molar-refractivity contribution in [2.45, 2.75) is 31.1 Å². The summed E-state index contributed by atoms with van der Waals surface area (Å²) in [6, 6.07) is 79.4. The number of hydrogen-bond acceptors (Lipinski definition) is 24. The molecule has 16 N–H and O–H groups in total. The lowest BCUT2D eigenvalue weighted by Gasteiger charge is -2.31. The Morgan fingerprint density at radius 2 is 0.515 bits per heavy atom. The van der Waals surface area contributed by atoms with Crippen LogP contribution in [0.5, 0.6) is 0 Å². The van der Waals surface area contributed by atoms with Gasteiger partial charge in [-0.1, -0.05) is 152 Å². The first-order chi connectivity index (χ1) is 65.1. The second kappa shape index (κ2) is 43.5. The number of carbonyl (C=O) groups is 12. The van der Waals surface area contributed by atoms with Crippen LogP contribution in [0.1, 0.15) is 31.2 Å². The van der Waals surface area contributed by atoms with Crippen molar-refractivity contribution in [1.82, 2.24) is 61.8 Å². The minimum atomic E-state index is -2.07. The molecule has 9 aromatic carbocycles. The van der Waals surface area contributed by atoms with E-state index in [1.54, 1.807) is 206 Å². The standard InChI is InChI=1S/C29H23N5O4.3C23H19N5O4/c35-24(34-38)18-29(21-12-2-1-3-13-21,27(36)32-22-14-4-8-19-10-6-16-30-25(19)22)28(37)33-23-15-5-9-20-11-7-17-31-26(20)23;29-19(28-32)13-16(22(30)26-17-9-1-5-14-7-3-11-24-20(14)17)23(31)27-18-10-2-6-15-8-4-12-25-21(15)18;29-21(28-32)13-18(22(30)26-16-5-7-19-14(11-16)3-1-9-24-19)23(31)27-17-6-8-20-15(12-17)4-2-10-25-20;29-21(28-32)11-18(22(30)26-16-9-14-5-1-3-7-19(14)24-12-16)23(31)27-17-10-15-6-2-4-8-20(15)25-13-17/h1-17,38H,18H2,(H,32,36)(H,33,37)(H,34,35);1-12,16,32H,13H2,(H,26,30)(H,27,31)(H,28,29);1-12,18,32H,13H2,(H,26,30)(H,27,31)(H,28,29);1-10,12-13,18,32H,11H2,(H,26,30)(H,27,31)(H,28,29). The highest BCUT2D eigenvalue weighted by Gasteiger charge is 2.50. The molecule has 12 amide bonds. The summed E-state index contributed by atoms with van der Waals surface area (Å²) in [6.45, 7) is 0. The smallest absolute Gasteiger partial charge is 0.245 e. The lowest BCUT2D eigenvalue weighted by molar-refractivity contribution is -0.140. The van der Waals surface area contributed by atoms with Crippen molar-refractivity contribution in [2.75, 3.05) is 42.5 Å².